The molecule has 5 nitrogen and oxygen atoms in total. The molecule has 0 unspecified atom stereocenters. The topological polar surface area (TPSA) is 66.1 Å². The van der Waals surface area contributed by atoms with Gasteiger partial charge < -0.3 is 16.0 Å². The number of nitrogens with one attached hydrogen (secondary N) is 3. The maximum Gasteiger partial charge on any atom is 0.234 e. The number of nitrogens with zero attached hydrogens (tertiary/aromatic N) is 1. The molecule has 1 heterocycles. The van der Waals surface area contributed by atoms with Gasteiger partial charge in [-0.1, -0.05) is 23.2 Å². The standard InChI is InChI=1S/C10H14Cl2N4O/c1-13-6-9(17)14-2-3-15-10-8(12)4-7(11)5-16-10/h4-5,13H,2-3,6H2,1H3,(H,14,17)(H,15,16). The van der Waals surface area contributed by atoms with Crippen molar-refractivity contribution in [3.8, 4) is 0 Å². The molecule has 0 atom stereocenters. The Kier molecular flexibility index (Phi) is 6.04. The van der Waals surface area contributed by atoms with Crippen LogP contribution in [0.4, 0.5) is 5.82 Å². The van der Waals surface area contributed by atoms with Crippen LogP contribution in [0.15, 0.2) is 12.3 Å². The number of aromatic nitrogens is 1. The van der Waals surface area contributed by atoms with Gasteiger partial charge in [0.25, 0.3) is 0 Å². The lowest BCUT2D eigenvalue weighted by molar-refractivity contribution is -0.120. The van der Waals surface area contributed by atoms with Crippen LogP contribution in [0.25, 0.3) is 0 Å². The number of anilines is 1. The monoisotopic (exact) mass is 276 g/mol. The minimum Gasteiger partial charge on any atom is -0.367 e. The fourth-order valence-electron chi connectivity index (χ4n) is 1.15. The molecule has 0 fully saturated rings. The highest BCUT2D eigenvalue weighted by molar-refractivity contribution is 6.35. The molecular weight excluding hydrogens is 263 g/mol. The highest BCUT2D eigenvalue weighted by atomic mass is 35.5. The molecule has 7 heteroatoms. The fourth-order valence-corrected chi connectivity index (χ4v) is 1.60. The lowest BCUT2D eigenvalue weighted by atomic mass is 10.4. The molecule has 0 aliphatic carbocycles. The first-order chi connectivity index (χ1) is 8.13. The van der Waals surface area contributed by atoms with Crippen LogP contribution >= 0.6 is 23.2 Å². The largest absolute Gasteiger partial charge is 0.367 e. The number of hydrogen-bond acceptors (Lipinski definition) is 4. The molecule has 0 bridgehead atoms. The Hall–Kier alpha value is -1.04. The molecule has 0 spiro atoms. The lowest BCUT2D eigenvalue weighted by Gasteiger charge is -2.08. The first kappa shape index (κ1) is 14.0. The molecular formula is C10H14Cl2N4O. The molecule has 1 rings (SSSR count). The van der Waals surface area contributed by atoms with Gasteiger partial charge in [0.1, 0.15) is 5.82 Å². The maximum atomic E-state index is 11.1. The van der Waals surface area contributed by atoms with Gasteiger partial charge in [0.15, 0.2) is 0 Å². The van der Waals surface area contributed by atoms with Crippen molar-refractivity contribution in [2.24, 2.45) is 0 Å². The molecule has 0 aromatic carbocycles. The van der Waals surface area contributed by atoms with Crippen LogP contribution in [-0.2, 0) is 4.79 Å². The lowest BCUT2D eigenvalue weighted by Crippen LogP contribution is -2.35. The summed E-state index contributed by atoms with van der Waals surface area (Å²) in [6.07, 6.45) is 1.51. The van der Waals surface area contributed by atoms with E-state index in [0.29, 0.717) is 35.5 Å². The van der Waals surface area contributed by atoms with E-state index in [1.54, 1.807) is 13.1 Å². The van der Waals surface area contributed by atoms with Crippen molar-refractivity contribution < 1.29 is 4.79 Å². The molecule has 1 aromatic heterocycles. The van der Waals surface area contributed by atoms with Crippen LogP contribution in [0, 0.1) is 0 Å². The number of pyridine rings is 1. The summed E-state index contributed by atoms with van der Waals surface area (Å²) in [4.78, 5) is 15.1. The SMILES string of the molecule is CNCC(=O)NCCNc1ncc(Cl)cc1Cl. The van der Waals surface area contributed by atoms with Crippen LogP contribution < -0.4 is 16.0 Å². The first-order valence-electron chi connectivity index (χ1n) is 5.09. The molecule has 1 amide bonds. The van der Waals surface area contributed by atoms with Crippen molar-refractivity contribution in [1.82, 2.24) is 15.6 Å². The molecule has 0 radical (unpaired) electrons. The van der Waals surface area contributed by atoms with Crippen molar-refractivity contribution in [2.75, 3.05) is 32.0 Å². The van der Waals surface area contributed by atoms with Crippen molar-refractivity contribution in [3.05, 3.63) is 22.3 Å². The Morgan fingerprint density at radius 2 is 2.18 bits per heavy atom. The van der Waals surface area contributed by atoms with E-state index in [4.69, 9.17) is 23.2 Å². The Balaban J connectivity index is 2.29. The van der Waals surface area contributed by atoms with E-state index in [9.17, 15) is 4.79 Å². The molecule has 0 saturated carbocycles. The van der Waals surface area contributed by atoms with E-state index < -0.39 is 0 Å². The number of carbonyl (C=O) groups excluding carboxylic acids is 1. The van der Waals surface area contributed by atoms with Gasteiger partial charge in [0.2, 0.25) is 5.91 Å². The molecule has 0 saturated heterocycles. The van der Waals surface area contributed by atoms with E-state index in [1.807, 2.05) is 0 Å². The van der Waals surface area contributed by atoms with E-state index >= 15 is 0 Å². The van der Waals surface area contributed by atoms with Gasteiger partial charge in [0, 0.05) is 19.3 Å². The van der Waals surface area contributed by atoms with Gasteiger partial charge in [-0.05, 0) is 13.1 Å². The number of likely N-dealkylation sites (N-methyl/N-ethyl adjacent to an activating group) is 1. The summed E-state index contributed by atoms with van der Waals surface area (Å²) in [5, 5.41) is 9.43. The molecule has 17 heavy (non-hydrogen) atoms. The van der Waals surface area contributed by atoms with Gasteiger partial charge >= 0.3 is 0 Å². The summed E-state index contributed by atoms with van der Waals surface area (Å²) in [5.41, 5.74) is 0. The van der Waals surface area contributed by atoms with Crippen molar-refractivity contribution in [3.63, 3.8) is 0 Å². The predicted octanol–water partition coefficient (Wildman–Crippen LogP) is 1.14. The first-order valence-corrected chi connectivity index (χ1v) is 5.85. The van der Waals surface area contributed by atoms with Crippen molar-refractivity contribution >= 4 is 34.9 Å². The van der Waals surface area contributed by atoms with Gasteiger partial charge in [-0.25, -0.2) is 4.98 Å². The van der Waals surface area contributed by atoms with Gasteiger partial charge in [0.05, 0.1) is 16.6 Å². The number of carbonyl (C=O) groups is 1. The van der Waals surface area contributed by atoms with Gasteiger partial charge in [-0.15, -0.1) is 0 Å². The minimum absolute atomic E-state index is 0.0514. The molecule has 0 aliphatic heterocycles. The summed E-state index contributed by atoms with van der Waals surface area (Å²) in [6.45, 7) is 1.35. The second-order valence-electron chi connectivity index (χ2n) is 3.29. The molecule has 3 N–H and O–H groups in total. The molecule has 94 valence electrons. The van der Waals surface area contributed by atoms with Crippen LogP contribution in [-0.4, -0.2) is 37.6 Å². The highest BCUT2D eigenvalue weighted by Crippen LogP contribution is 2.21. The zero-order valence-electron chi connectivity index (χ0n) is 9.39. The maximum absolute atomic E-state index is 11.1. The van der Waals surface area contributed by atoms with Crippen molar-refractivity contribution in [2.45, 2.75) is 0 Å². The highest BCUT2D eigenvalue weighted by Gasteiger charge is 2.02. The normalized spacial score (nSPS) is 10.1. The van der Waals surface area contributed by atoms with E-state index in [1.165, 1.54) is 6.20 Å². The van der Waals surface area contributed by atoms with E-state index in [2.05, 4.69) is 20.9 Å². The molecule has 0 aliphatic rings. The van der Waals surface area contributed by atoms with E-state index in [0.717, 1.165) is 0 Å². The number of amides is 1. The quantitative estimate of drug-likeness (QED) is 0.682. The second-order valence-corrected chi connectivity index (χ2v) is 4.13. The number of hydrogen-bond donors (Lipinski definition) is 3. The zero-order valence-corrected chi connectivity index (χ0v) is 10.9. The summed E-state index contributed by atoms with van der Waals surface area (Å²) >= 11 is 11.6. The van der Waals surface area contributed by atoms with Crippen LogP contribution in [0.2, 0.25) is 10.0 Å². The van der Waals surface area contributed by atoms with Crippen molar-refractivity contribution in [1.29, 1.82) is 0 Å². The fraction of sp³-hybridized carbons (Fsp3) is 0.400. The second kappa shape index (κ2) is 7.32. The average molecular weight is 277 g/mol. The minimum atomic E-state index is -0.0514. The third kappa shape index (κ3) is 5.21. The van der Waals surface area contributed by atoms with Crippen LogP contribution in [0.3, 0.4) is 0 Å². The van der Waals surface area contributed by atoms with E-state index in [-0.39, 0.29) is 5.91 Å². The Morgan fingerprint density at radius 1 is 1.41 bits per heavy atom. The van der Waals surface area contributed by atoms with Crippen LogP contribution in [0.5, 0.6) is 0 Å². The third-order valence-electron chi connectivity index (χ3n) is 1.88. The summed E-state index contributed by atoms with van der Waals surface area (Å²) in [6, 6.07) is 1.61. The third-order valence-corrected chi connectivity index (χ3v) is 2.38. The number of rotatable bonds is 6. The summed E-state index contributed by atoms with van der Waals surface area (Å²) in [7, 11) is 1.72. The predicted molar refractivity (Wildman–Crippen MR) is 69.7 cm³/mol. The summed E-state index contributed by atoms with van der Waals surface area (Å²) < 4.78 is 0. The Bertz CT molecular complexity index is 387. The Labute approximate surface area is 110 Å². The Morgan fingerprint density at radius 3 is 2.82 bits per heavy atom. The smallest absolute Gasteiger partial charge is 0.234 e. The summed E-state index contributed by atoms with van der Waals surface area (Å²) in [5.74, 6) is 0.503. The van der Waals surface area contributed by atoms with Gasteiger partial charge in [-0.2, -0.15) is 0 Å². The molecule has 1 aromatic rings. The number of halogens is 2. The zero-order chi connectivity index (χ0) is 12.7. The van der Waals surface area contributed by atoms with Crippen LogP contribution in [0.1, 0.15) is 0 Å². The van der Waals surface area contributed by atoms with Gasteiger partial charge in [-0.3, -0.25) is 4.79 Å². The average Bonchev–Trinajstić information content (AvgIpc) is 2.27.